The lowest BCUT2D eigenvalue weighted by Gasteiger charge is -2.22. The predicted octanol–water partition coefficient (Wildman–Crippen LogP) is 2.25. The van der Waals surface area contributed by atoms with Crippen molar-refractivity contribution < 1.29 is 0 Å². The van der Waals surface area contributed by atoms with Crippen molar-refractivity contribution in [1.29, 1.82) is 5.26 Å². The summed E-state index contributed by atoms with van der Waals surface area (Å²) >= 11 is 0. The van der Waals surface area contributed by atoms with Gasteiger partial charge in [-0.2, -0.15) is 5.26 Å². The van der Waals surface area contributed by atoms with E-state index in [-0.39, 0.29) is 5.54 Å². The molecule has 0 aromatic heterocycles. The van der Waals surface area contributed by atoms with Crippen LogP contribution < -0.4 is 5.32 Å². The first-order valence-electron chi connectivity index (χ1n) is 6.22. The second-order valence-electron chi connectivity index (χ2n) is 5.31. The number of nitrogens with zero attached hydrogens (tertiary/aromatic N) is 2. The summed E-state index contributed by atoms with van der Waals surface area (Å²) in [5, 5.41) is 12.1. The molecule has 0 aromatic carbocycles. The molecule has 0 heterocycles. The predicted molar refractivity (Wildman–Crippen MR) is 69.3 cm³/mol. The van der Waals surface area contributed by atoms with Gasteiger partial charge in [0.1, 0.15) is 5.54 Å². The van der Waals surface area contributed by atoms with Crippen molar-refractivity contribution in [2.75, 3.05) is 27.2 Å². The van der Waals surface area contributed by atoms with Gasteiger partial charge in [0.25, 0.3) is 0 Å². The zero-order valence-corrected chi connectivity index (χ0v) is 11.5. The molecule has 0 aliphatic heterocycles. The molecule has 1 atom stereocenters. The summed E-state index contributed by atoms with van der Waals surface area (Å²) in [6.07, 6.45) is 3.20. The van der Waals surface area contributed by atoms with Gasteiger partial charge >= 0.3 is 0 Å². The highest BCUT2D eigenvalue weighted by Gasteiger charge is 2.19. The molecule has 0 rings (SSSR count). The van der Waals surface area contributed by atoms with E-state index >= 15 is 0 Å². The molecule has 0 fully saturated rings. The molecule has 16 heavy (non-hydrogen) atoms. The van der Waals surface area contributed by atoms with E-state index in [1.165, 1.54) is 6.42 Å². The number of nitrogens with one attached hydrogen (secondary N) is 1. The van der Waals surface area contributed by atoms with Crippen LogP contribution in [0.5, 0.6) is 0 Å². The summed E-state index contributed by atoms with van der Waals surface area (Å²) in [6.45, 7) is 8.73. The van der Waals surface area contributed by atoms with Gasteiger partial charge in [-0.3, -0.25) is 0 Å². The molecule has 3 heteroatoms. The summed E-state index contributed by atoms with van der Waals surface area (Å²) in [6, 6.07) is 2.32. The van der Waals surface area contributed by atoms with Crippen molar-refractivity contribution in [2.45, 2.75) is 45.6 Å². The maximum absolute atomic E-state index is 8.99. The van der Waals surface area contributed by atoms with Crippen LogP contribution in [0, 0.1) is 17.2 Å². The maximum atomic E-state index is 8.99. The zero-order valence-electron chi connectivity index (χ0n) is 11.5. The summed E-state index contributed by atoms with van der Waals surface area (Å²) < 4.78 is 0. The number of nitriles is 1. The Labute approximate surface area is 101 Å². The first-order valence-corrected chi connectivity index (χ1v) is 6.22. The Morgan fingerprint density at radius 2 is 2.00 bits per heavy atom. The van der Waals surface area contributed by atoms with Crippen LogP contribution in [0.15, 0.2) is 0 Å². The number of rotatable bonds is 8. The van der Waals surface area contributed by atoms with Crippen molar-refractivity contribution in [3.8, 4) is 6.07 Å². The Morgan fingerprint density at radius 3 is 2.44 bits per heavy atom. The lowest BCUT2D eigenvalue weighted by Crippen LogP contribution is -2.38. The molecule has 94 valence electrons. The average Bonchev–Trinajstić information content (AvgIpc) is 2.23. The molecule has 0 aliphatic carbocycles. The first kappa shape index (κ1) is 15.4. The fraction of sp³-hybridized carbons (Fsp3) is 0.923. The first-order chi connectivity index (χ1) is 7.43. The van der Waals surface area contributed by atoms with E-state index in [2.05, 4.69) is 37.2 Å². The average molecular weight is 225 g/mol. The third kappa shape index (κ3) is 6.81. The SMILES string of the molecule is CNC(C)(C#N)CCCCN(C)CC(C)C. The fourth-order valence-electron chi connectivity index (χ4n) is 1.81. The Bertz CT molecular complexity index is 220. The normalized spacial score (nSPS) is 15.1. The summed E-state index contributed by atoms with van der Waals surface area (Å²) in [5.74, 6) is 0.728. The number of hydrogen-bond donors (Lipinski definition) is 1. The van der Waals surface area contributed by atoms with Gasteiger partial charge in [0.05, 0.1) is 6.07 Å². The molecule has 1 unspecified atom stereocenters. The molecule has 0 aromatic rings. The molecule has 1 N–H and O–H groups in total. The van der Waals surface area contributed by atoms with Crippen LogP contribution in [-0.2, 0) is 0 Å². The smallest absolute Gasteiger partial charge is 0.103 e. The van der Waals surface area contributed by atoms with Crippen molar-refractivity contribution in [3.63, 3.8) is 0 Å². The van der Waals surface area contributed by atoms with Crippen LogP contribution in [0.1, 0.15) is 40.0 Å². The molecule has 0 aliphatic rings. The van der Waals surface area contributed by atoms with Crippen molar-refractivity contribution in [2.24, 2.45) is 5.92 Å². The third-order valence-corrected chi connectivity index (χ3v) is 2.94. The van der Waals surface area contributed by atoms with Crippen LogP contribution in [0.25, 0.3) is 0 Å². The van der Waals surface area contributed by atoms with E-state index < -0.39 is 0 Å². The van der Waals surface area contributed by atoms with Gasteiger partial charge < -0.3 is 10.2 Å². The zero-order chi connectivity index (χ0) is 12.6. The van der Waals surface area contributed by atoms with E-state index in [4.69, 9.17) is 5.26 Å². The van der Waals surface area contributed by atoms with Crippen molar-refractivity contribution in [1.82, 2.24) is 10.2 Å². The second-order valence-corrected chi connectivity index (χ2v) is 5.31. The lowest BCUT2D eigenvalue weighted by molar-refractivity contribution is 0.284. The van der Waals surface area contributed by atoms with Crippen LogP contribution in [-0.4, -0.2) is 37.6 Å². The van der Waals surface area contributed by atoms with Gasteiger partial charge in [-0.25, -0.2) is 0 Å². The molecular formula is C13H27N3. The molecule has 0 spiro atoms. The van der Waals surface area contributed by atoms with E-state index in [1.54, 1.807) is 0 Å². The standard InChI is InChI=1S/C13H27N3/c1-12(2)10-16(5)9-7-6-8-13(3,11-14)15-4/h12,15H,6-10H2,1-5H3. The summed E-state index contributed by atoms with van der Waals surface area (Å²) in [4.78, 5) is 2.37. The van der Waals surface area contributed by atoms with Crippen LogP contribution in [0.3, 0.4) is 0 Å². The van der Waals surface area contributed by atoms with Gasteiger partial charge in [0.2, 0.25) is 0 Å². The van der Waals surface area contributed by atoms with Gasteiger partial charge in [-0.05, 0) is 52.7 Å². The maximum Gasteiger partial charge on any atom is 0.103 e. The van der Waals surface area contributed by atoms with Crippen LogP contribution >= 0.6 is 0 Å². The van der Waals surface area contributed by atoms with Crippen molar-refractivity contribution in [3.05, 3.63) is 0 Å². The Balaban J connectivity index is 3.64. The second kappa shape index (κ2) is 7.65. The minimum absolute atomic E-state index is 0.351. The highest BCUT2D eigenvalue weighted by Crippen LogP contribution is 2.12. The van der Waals surface area contributed by atoms with Gasteiger partial charge in [0.15, 0.2) is 0 Å². The monoisotopic (exact) mass is 225 g/mol. The molecule has 0 bridgehead atoms. The summed E-state index contributed by atoms with van der Waals surface area (Å²) in [5.41, 5.74) is -0.351. The minimum atomic E-state index is -0.351. The third-order valence-electron chi connectivity index (χ3n) is 2.94. The molecule has 3 nitrogen and oxygen atoms in total. The highest BCUT2D eigenvalue weighted by molar-refractivity contribution is 5.02. The van der Waals surface area contributed by atoms with E-state index in [0.29, 0.717) is 0 Å². The Morgan fingerprint density at radius 1 is 1.38 bits per heavy atom. The van der Waals surface area contributed by atoms with E-state index in [9.17, 15) is 0 Å². The Kier molecular flexibility index (Phi) is 7.36. The van der Waals surface area contributed by atoms with Crippen LogP contribution in [0.2, 0.25) is 0 Å². The fourth-order valence-corrected chi connectivity index (χ4v) is 1.81. The Hall–Kier alpha value is -0.590. The lowest BCUT2D eigenvalue weighted by atomic mass is 9.97. The minimum Gasteiger partial charge on any atom is -0.306 e. The number of unbranched alkanes of at least 4 members (excludes halogenated alkanes) is 1. The van der Waals surface area contributed by atoms with Gasteiger partial charge in [0, 0.05) is 6.54 Å². The van der Waals surface area contributed by atoms with Crippen molar-refractivity contribution >= 4 is 0 Å². The quantitative estimate of drug-likeness (QED) is 0.644. The molecule has 0 saturated heterocycles. The molecule has 0 amide bonds. The topological polar surface area (TPSA) is 39.1 Å². The largest absolute Gasteiger partial charge is 0.306 e. The molecule has 0 radical (unpaired) electrons. The number of hydrogen-bond acceptors (Lipinski definition) is 3. The van der Waals surface area contributed by atoms with E-state index in [1.807, 2.05) is 14.0 Å². The molecule has 0 saturated carbocycles. The summed E-state index contributed by atoms with van der Waals surface area (Å²) in [7, 11) is 4.02. The van der Waals surface area contributed by atoms with Gasteiger partial charge in [-0.1, -0.05) is 13.8 Å². The highest BCUT2D eigenvalue weighted by atomic mass is 15.1. The van der Waals surface area contributed by atoms with Crippen LogP contribution in [0.4, 0.5) is 0 Å². The van der Waals surface area contributed by atoms with Gasteiger partial charge in [-0.15, -0.1) is 0 Å². The van der Waals surface area contributed by atoms with E-state index in [0.717, 1.165) is 31.8 Å². The molecular weight excluding hydrogens is 198 g/mol.